The van der Waals surface area contributed by atoms with Gasteiger partial charge in [-0.05, 0) is 63.1 Å². The molecule has 0 saturated heterocycles. The first-order chi connectivity index (χ1) is 11.5. The summed E-state index contributed by atoms with van der Waals surface area (Å²) in [4.78, 5) is 16.7. The van der Waals surface area contributed by atoms with Crippen LogP contribution >= 0.6 is 0 Å². The molecule has 1 amide bonds. The maximum Gasteiger partial charge on any atom is 0.251 e. The van der Waals surface area contributed by atoms with E-state index in [2.05, 4.69) is 10.3 Å². The first-order valence-electron chi connectivity index (χ1n) is 8.18. The van der Waals surface area contributed by atoms with Gasteiger partial charge in [0, 0.05) is 17.5 Å². The number of aryl methyl sites for hydroxylation is 2. The maximum absolute atomic E-state index is 12.5. The Kier molecular flexibility index (Phi) is 6.32. The van der Waals surface area contributed by atoms with Crippen LogP contribution in [0.1, 0.15) is 46.6 Å². The fraction of sp³-hybridized carbons (Fsp3) is 0.368. The number of nitrogens with zero attached hydrogens (tertiary/aromatic N) is 1. The number of aromatic nitrogens is 1. The van der Waals surface area contributed by atoms with Gasteiger partial charge in [0.05, 0.1) is 12.6 Å². The van der Waals surface area contributed by atoms with Crippen LogP contribution in [0.3, 0.4) is 0 Å². The molecule has 0 aliphatic rings. The minimum atomic E-state index is -0.133. The molecule has 5 nitrogen and oxygen atoms in total. The maximum atomic E-state index is 12.5. The SMILES string of the molecule is Cc1ccc(C(C)NC(=O)c2ccc(C)c(OCCCN)c2)cn1. The van der Waals surface area contributed by atoms with Gasteiger partial charge in [0.1, 0.15) is 5.75 Å². The summed E-state index contributed by atoms with van der Waals surface area (Å²) in [7, 11) is 0. The summed E-state index contributed by atoms with van der Waals surface area (Å²) < 4.78 is 5.70. The Morgan fingerprint density at radius 2 is 2.08 bits per heavy atom. The molecule has 0 aliphatic carbocycles. The van der Waals surface area contributed by atoms with Crippen molar-refractivity contribution in [1.82, 2.24) is 10.3 Å². The molecule has 0 bridgehead atoms. The molecular weight excluding hydrogens is 302 g/mol. The highest BCUT2D eigenvalue weighted by Gasteiger charge is 2.13. The zero-order chi connectivity index (χ0) is 17.5. The summed E-state index contributed by atoms with van der Waals surface area (Å²) in [6, 6.07) is 9.28. The number of benzene rings is 1. The van der Waals surface area contributed by atoms with Crippen LogP contribution in [-0.2, 0) is 0 Å². The molecule has 0 aliphatic heterocycles. The predicted molar refractivity (Wildman–Crippen MR) is 95.2 cm³/mol. The quantitative estimate of drug-likeness (QED) is 0.767. The number of pyridine rings is 1. The second kappa shape index (κ2) is 8.45. The molecule has 2 aromatic rings. The molecule has 0 radical (unpaired) electrons. The van der Waals surface area contributed by atoms with Crippen molar-refractivity contribution in [1.29, 1.82) is 0 Å². The van der Waals surface area contributed by atoms with Gasteiger partial charge in [0.25, 0.3) is 5.91 Å². The zero-order valence-corrected chi connectivity index (χ0v) is 14.5. The number of carbonyl (C=O) groups excluding carboxylic acids is 1. The van der Waals surface area contributed by atoms with Crippen LogP contribution in [-0.4, -0.2) is 24.0 Å². The lowest BCUT2D eigenvalue weighted by atomic mass is 10.1. The zero-order valence-electron chi connectivity index (χ0n) is 14.5. The molecule has 5 heteroatoms. The molecule has 24 heavy (non-hydrogen) atoms. The number of nitrogens with two attached hydrogens (primary N) is 1. The number of ether oxygens (including phenoxy) is 1. The van der Waals surface area contributed by atoms with Crippen molar-refractivity contribution < 1.29 is 9.53 Å². The Morgan fingerprint density at radius 1 is 1.29 bits per heavy atom. The third kappa shape index (κ3) is 4.80. The van der Waals surface area contributed by atoms with E-state index in [1.165, 1.54) is 0 Å². The third-order valence-corrected chi connectivity index (χ3v) is 3.84. The predicted octanol–water partition coefficient (Wildman–Crippen LogP) is 2.92. The van der Waals surface area contributed by atoms with Gasteiger partial charge >= 0.3 is 0 Å². The highest BCUT2D eigenvalue weighted by molar-refractivity contribution is 5.95. The lowest BCUT2D eigenvalue weighted by molar-refractivity contribution is 0.0939. The van der Waals surface area contributed by atoms with E-state index in [4.69, 9.17) is 10.5 Å². The second-order valence-electron chi connectivity index (χ2n) is 5.90. The number of nitrogens with one attached hydrogen (secondary N) is 1. The van der Waals surface area contributed by atoms with Crippen LogP contribution in [0.5, 0.6) is 5.75 Å². The van der Waals surface area contributed by atoms with Crippen LogP contribution in [0.25, 0.3) is 0 Å². The van der Waals surface area contributed by atoms with E-state index in [0.717, 1.165) is 29.0 Å². The lowest BCUT2D eigenvalue weighted by Crippen LogP contribution is -2.26. The summed E-state index contributed by atoms with van der Waals surface area (Å²) in [5, 5.41) is 2.99. The van der Waals surface area contributed by atoms with Crippen LogP contribution < -0.4 is 15.8 Å². The molecule has 1 aromatic heterocycles. The fourth-order valence-corrected chi connectivity index (χ4v) is 2.26. The first-order valence-corrected chi connectivity index (χ1v) is 8.18. The Bertz CT molecular complexity index is 684. The van der Waals surface area contributed by atoms with Gasteiger partial charge in [-0.15, -0.1) is 0 Å². The van der Waals surface area contributed by atoms with Crippen LogP contribution in [0.15, 0.2) is 36.5 Å². The topological polar surface area (TPSA) is 77.2 Å². The molecular formula is C19H25N3O2. The summed E-state index contributed by atoms with van der Waals surface area (Å²) >= 11 is 0. The van der Waals surface area contributed by atoms with Gasteiger partial charge in [-0.25, -0.2) is 0 Å². The monoisotopic (exact) mass is 327 g/mol. The van der Waals surface area contributed by atoms with E-state index in [0.29, 0.717) is 18.7 Å². The molecule has 128 valence electrons. The van der Waals surface area contributed by atoms with Crippen molar-refractivity contribution in [3.05, 3.63) is 58.9 Å². The number of hydrogen-bond donors (Lipinski definition) is 2. The van der Waals surface area contributed by atoms with E-state index in [-0.39, 0.29) is 11.9 Å². The second-order valence-corrected chi connectivity index (χ2v) is 5.90. The molecule has 2 rings (SSSR count). The minimum absolute atomic E-state index is 0.117. The van der Waals surface area contributed by atoms with Crippen molar-refractivity contribution in [3.8, 4) is 5.75 Å². The Labute approximate surface area is 143 Å². The molecule has 0 fully saturated rings. The van der Waals surface area contributed by atoms with Crippen molar-refractivity contribution in [2.45, 2.75) is 33.2 Å². The van der Waals surface area contributed by atoms with E-state index in [1.54, 1.807) is 18.3 Å². The van der Waals surface area contributed by atoms with E-state index >= 15 is 0 Å². The van der Waals surface area contributed by atoms with Gasteiger partial charge in [-0.1, -0.05) is 12.1 Å². The summed E-state index contributed by atoms with van der Waals surface area (Å²) in [5.41, 5.74) is 8.98. The van der Waals surface area contributed by atoms with Gasteiger partial charge in [-0.2, -0.15) is 0 Å². The Balaban J connectivity index is 2.06. The molecule has 0 spiro atoms. The summed E-state index contributed by atoms with van der Waals surface area (Å²) in [6.07, 6.45) is 2.57. The van der Waals surface area contributed by atoms with Gasteiger partial charge in [-0.3, -0.25) is 9.78 Å². The highest BCUT2D eigenvalue weighted by Crippen LogP contribution is 2.21. The van der Waals surface area contributed by atoms with E-state index in [9.17, 15) is 4.79 Å². The highest BCUT2D eigenvalue weighted by atomic mass is 16.5. The molecule has 1 heterocycles. The van der Waals surface area contributed by atoms with E-state index in [1.807, 2.05) is 39.0 Å². The molecule has 1 aromatic carbocycles. The van der Waals surface area contributed by atoms with Crippen molar-refractivity contribution in [2.75, 3.05) is 13.2 Å². The fourth-order valence-electron chi connectivity index (χ4n) is 2.26. The third-order valence-electron chi connectivity index (χ3n) is 3.84. The smallest absolute Gasteiger partial charge is 0.251 e. The normalized spacial score (nSPS) is 11.8. The standard InChI is InChI=1S/C19H25N3O2/c1-13-5-7-16(11-18(13)24-10-4-9-20)19(23)22-15(3)17-8-6-14(2)21-12-17/h5-8,11-12,15H,4,9-10,20H2,1-3H3,(H,22,23). The van der Waals surface area contributed by atoms with Crippen molar-refractivity contribution in [3.63, 3.8) is 0 Å². The minimum Gasteiger partial charge on any atom is -0.493 e. The number of rotatable bonds is 7. The molecule has 1 unspecified atom stereocenters. The average Bonchev–Trinajstić information content (AvgIpc) is 2.57. The van der Waals surface area contributed by atoms with Crippen LogP contribution in [0.4, 0.5) is 0 Å². The molecule has 0 saturated carbocycles. The average molecular weight is 327 g/mol. The number of hydrogen-bond acceptors (Lipinski definition) is 4. The van der Waals surface area contributed by atoms with Gasteiger partial charge in [0.2, 0.25) is 0 Å². The summed E-state index contributed by atoms with van der Waals surface area (Å²) in [6.45, 7) is 6.97. The molecule has 3 N–H and O–H groups in total. The Hall–Kier alpha value is -2.40. The van der Waals surface area contributed by atoms with Gasteiger partial charge in [0.15, 0.2) is 0 Å². The molecule has 1 atom stereocenters. The first kappa shape index (κ1) is 17.9. The lowest BCUT2D eigenvalue weighted by Gasteiger charge is -2.15. The van der Waals surface area contributed by atoms with Crippen molar-refractivity contribution >= 4 is 5.91 Å². The largest absolute Gasteiger partial charge is 0.493 e. The summed E-state index contributed by atoms with van der Waals surface area (Å²) in [5.74, 6) is 0.590. The van der Waals surface area contributed by atoms with E-state index < -0.39 is 0 Å². The van der Waals surface area contributed by atoms with Crippen molar-refractivity contribution in [2.24, 2.45) is 5.73 Å². The number of carbonyl (C=O) groups is 1. The number of amides is 1. The van der Waals surface area contributed by atoms with Crippen LogP contribution in [0, 0.1) is 13.8 Å². The van der Waals surface area contributed by atoms with Crippen LogP contribution in [0.2, 0.25) is 0 Å². The Morgan fingerprint density at radius 3 is 2.75 bits per heavy atom. The van der Waals surface area contributed by atoms with Gasteiger partial charge < -0.3 is 15.8 Å².